The molecule has 4 atom stereocenters. The maximum absolute atomic E-state index is 8.96. The van der Waals surface area contributed by atoms with Gasteiger partial charge in [0.25, 0.3) is 0 Å². The highest BCUT2D eigenvalue weighted by molar-refractivity contribution is 4.79. The van der Waals surface area contributed by atoms with Gasteiger partial charge < -0.3 is 30.6 Å². The molecule has 0 aliphatic carbocycles. The fraction of sp³-hybridized carbons (Fsp3) is 1.00. The van der Waals surface area contributed by atoms with Gasteiger partial charge in [-0.2, -0.15) is 0 Å². The Kier molecular flexibility index (Phi) is 5.31. The maximum Gasteiger partial charge on any atom is 0.111 e. The maximum atomic E-state index is 8.96. The van der Waals surface area contributed by atoms with Gasteiger partial charge in [-0.3, -0.25) is 0 Å². The summed E-state index contributed by atoms with van der Waals surface area (Å²) >= 11 is 0. The van der Waals surface area contributed by atoms with Crippen LogP contribution in [0.15, 0.2) is 0 Å². The normalized spacial score (nSPS) is 21.5. The second-order valence-electron chi connectivity index (χ2n) is 2.48. The van der Waals surface area contributed by atoms with Crippen molar-refractivity contribution in [2.24, 2.45) is 0 Å². The SMILES string of the molecule is OC[C@@H]([18OH])[C@@H](O)[C@H](O)[C@@H](O)CO. The number of rotatable bonds is 5. The lowest BCUT2D eigenvalue weighted by molar-refractivity contribution is -0.123. The molecule has 0 amide bonds. The summed E-state index contributed by atoms with van der Waals surface area (Å²) in [5.74, 6) is 0. The summed E-state index contributed by atoms with van der Waals surface area (Å²) in [7, 11) is 0. The molecule has 0 heterocycles. The van der Waals surface area contributed by atoms with Gasteiger partial charge in [0.15, 0.2) is 0 Å². The van der Waals surface area contributed by atoms with Crippen LogP contribution in [0.3, 0.4) is 0 Å². The second kappa shape index (κ2) is 5.41. The monoisotopic (exact) mass is 184 g/mol. The molecule has 0 radical (unpaired) electrons. The Balaban J connectivity index is 3.99. The molecule has 6 N–H and O–H groups in total. The first-order valence-electron chi connectivity index (χ1n) is 3.48. The molecule has 12 heavy (non-hydrogen) atoms. The summed E-state index contributed by atoms with van der Waals surface area (Å²) in [6.45, 7) is -1.45. The average molecular weight is 184 g/mol. The highest BCUT2D eigenvalue weighted by atomic mass is 18.2. The Morgan fingerprint density at radius 3 is 1.75 bits per heavy atom. The van der Waals surface area contributed by atoms with Crippen LogP contribution in [0.4, 0.5) is 0 Å². The molecule has 0 aliphatic heterocycles. The van der Waals surface area contributed by atoms with Crippen LogP contribution in [0.25, 0.3) is 0 Å². The predicted octanol–water partition coefficient (Wildman–Crippen LogP) is -3.59. The van der Waals surface area contributed by atoms with Gasteiger partial charge in [0.2, 0.25) is 0 Å². The summed E-state index contributed by atoms with van der Waals surface area (Å²) in [6, 6.07) is 0. The van der Waals surface area contributed by atoms with Crippen molar-refractivity contribution in [3.63, 3.8) is 0 Å². The van der Waals surface area contributed by atoms with E-state index in [2.05, 4.69) is 0 Å². The Hall–Kier alpha value is -0.240. The van der Waals surface area contributed by atoms with Crippen LogP contribution >= 0.6 is 0 Å². The van der Waals surface area contributed by atoms with Crippen LogP contribution in [0, 0.1) is 0 Å². The summed E-state index contributed by atoms with van der Waals surface area (Å²) in [5, 5.41) is 52.2. The molecule has 0 bridgehead atoms. The zero-order valence-electron chi connectivity index (χ0n) is 6.41. The summed E-state index contributed by atoms with van der Waals surface area (Å²) in [4.78, 5) is 0. The van der Waals surface area contributed by atoms with Gasteiger partial charge in [-0.25, -0.2) is 0 Å². The summed E-state index contributed by atoms with van der Waals surface area (Å²) < 4.78 is 0. The van der Waals surface area contributed by atoms with Crippen molar-refractivity contribution in [3.8, 4) is 0 Å². The van der Waals surface area contributed by atoms with Crippen LogP contribution in [0.1, 0.15) is 0 Å². The van der Waals surface area contributed by atoms with Crippen LogP contribution in [0.2, 0.25) is 0 Å². The van der Waals surface area contributed by atoms with E-state index in [1.807, 2.05) is 0 Å². The van der Waals surface area contributed by atoms with E-state index in [1.165, 1.54) is 0 Å². The summed E-state index contributed by atoms with van der Waals surface area (Å²) in [5.41, 5.74) is 0. The third-order valence-electron chi connectivity index (χ3n) is 1.51. The first kappa shape index (κ1) is 11.8. The molecule has 0 rings (SSSR count). The third-order valence-corrected chi connectivity index (χ3v) is 1.51. The van der Waals surface area contributed by atoms with E-state index < -0.39 is 37.6 Å². The van der Waals surface area contributed by atoms with Crippen molar-refractivity contribution in [1.82, 2.24) is 0 Å². The van der Waals surface area contributed by atoms with E-state index in [1.54, 1.807) is 0 Å². The third kappa shape index (κ3) is 3.02. The molecule has 0 aromatic rings. The highest BCUT2D eigenvalue weighted by Gasteiger charge is 2.29. The molecular formula is C6H14O6. The number of hydrogen-bond acceptors (Lipinski definition) is 6. The predicted molar refractivity (Wildman–Crippen MR) is 38.2 cm³/mol. The van der Waals surface area contributed by atoms with Crippen molar-refractivity contribution in [2.45, 2.75) is 24.4 Å². The number of hydrogen-bond donors (Lipinski definition) is 6. The minimum atomic E-state index is -1.67. The molecule has 0 unspecified atom stereocenters. The Morgan fingerprint density at radius 1 is 0.917 bits per heavy atom. The van der Waals surface area contributed by atoms with Crippen LogP contribution in [-0.4, -0.2) is 68.3 Å². The number of aliphatic hydroxyl groups excluding tert-OH is 6. The van der Waals surface area contributed by atoms with Gasteiger partial charge in [0, 0.05) is 0 Å². The smallest absolute Gasteiger partial charge is 0.111 e. The molecular weight excluding hydrogens is 170 g/mol. The zero-order chi connectivity index (χ0) is 9.72. The number of aliphatic hydroxyl groups is 6. The van der Waals surface area contributed by atoms with E-state index in [0.717, 1.165) is 0 Å². The second-order valence-corrected chi connectivity index (χ2v) is 2.48. The van der Waals surface area contributed by atoms with E-state index in [-0.39, 0.29) is 0 Å². The molecule has 0 saturated heterocycles. The molecule has 74 valence electrons. The quantitative estimate of drug-likeness (QED) is 0.246. The summed E-state index contributed by atoms with van der Waals surface area (Å²) in [6.07, 6.45) is -6.39. The molecule has 0 aromatic heterocycles. The van der Waals surface area contributed by atoms with E-state index in [4.69, 9.17) is 30.6 Å². The largest absolute Gasteiger partial charge is 0.394 e. The fourth-order valence-electron chi connectivity index (χ4n) is 0.671. The molecule has 0 fully saturated rings. The molecule has 6 heteroatoms. The minimum absolute atomic E-state index is 0.726. The lowest BCUT2D eigenvalue weighted by atomic mass is 10.0. The highest BCUT2D eigenvalue weighted by Crippen LogP contribution is 2.03. The van der Waals surface area contributed by atoms with Gasteiger partial charge in [0.05, 0.1) is 13.2 Å². The molecule has 6 nitrogen and oxygen atoms in total. The van der Waals surface area contributed by atoms with Crippen LogP contribution in [-0.2, 0) is 0 Å². The van der Waals surface area contributed by atoms with Gasteiger partial charge in [-0.1, -0.05) is 0 Å². The van der Waals surface area contributed by atoms with Crippen molar-refractivity contribution in [2.75, 3.05) is 13.2 Å². The van der Waals surface area contributed by atoms with Gasteiger partial charge >= 0.3 is 0 Å². The molecule has 0 aliphatic rings. The van der Waals surface area contributed by atoms with Crippen molar-refractivity contribution < 1.29 is 30.6 Å². The first-order chi connectivity index (χ1) is 5.54. The Morgan fingerprint density at radius 2 is 1.42 bits per heavy atom. The topological polar surface area (TPSA) is 121 Å². The van der Waals surface area contributed by atoms with Crippen molar-refractivity contribution in [1.29, 1.82) is 0 Å². The Bertz CT molecular complexity index is 105. The van der Waals surface area contributed by atoms with E-state index >= 15 is 0 Å². The molecule has 0 spiro atoms. The van der Waals surface area contributed by atoms with E-state index in [0.29, 0.717) is 0 Å². The zero-order valence-corrected chi connectivity index (χ0v) is 6.41. The van der Waals surface area contributed by atoms with Crippen molar-refractivity contribution in [3.05, 3.63) is 0 Å². The van der Waals surface area contributed by atoms with Gasteiger partial charge in [-0.05, 0) is 0 Å². The van der Waals surface area contributed by atoms with Crippen LogP contribution in [0.5, 0.6) is 0 Å². The fourth-order valence-corrected chi connectivity index (χ4v) is 0.671. The average Bonchev–Trinajstić information content (AvgIpc) is 2.12. The molecule has 0 saturated carbocycles. The van der Waals surface area contributed by atoms with Gasteiger partial charge in [-0.15, -0.1) is 0 Å². The lowest BCUT2D eigenvalue weighted by Crippen LogP contribution is -2.46. The Labute approximate surface area is 69.3 Å². The minimum Gasteiger partial charge on any atom is -0.394 e. The van der Waals surface area contributed by atoms with Crippen molar-refractivity contribution >= 4 is 0 Å². The lowest BCUT2D eigenvalue weighted by Gasteiger charge is -2.24. The van der Waals surface area contributed by atoms with E-state index in [9.17, 15) is 0 Å². The van der Waals surface area contributed by atoms with Gasteiger partial charge in [0.1, 0.15) is 24.4 Å². The standard InChI is InChI=1S/C6H14O6/c7-1-3(9)5(11)6(12)4(10)2-8/h3-12H,1-2H2/t3-,4+,5-,6-/m1/s1/i9+2. The first-order valence-corrected chi connectivity index (χ1v) is 3.48. The molecule has 0 aromatic carbocycles. The van der Waals surface area contributed by atoms with Crippen LogP contribution < -0.4 is 0 Å².